The van der Waals surface area contributed by atoms with Gasteiger partial charge in [0.25, 0.3) is 5.91 Å². The molecule has 0 aliphatic heterocycles. The van der Waals surface area contributed by atoms with Crippen molar-refractivity contribution in [2.75, 3.05) is 5.75 Å². The summed E-state index contributed by atoms with van der Waals surface area (Å²) in [6.45, 7) is 0. The van der Waals surface area contributed by atoms with Gasteiger partial charge in [0.2, 0.25) is 0 Å². The lowest BCUT2D eigenvalue weighted by molar-refractivity contribution is -0.118. The number of aromatic hydroxyl groups is 1. The van der Waals surface area contributed by atoms with Gasteiger partial charge in [0, 0.05) is 28.1 Å². The molecule has 160 valence electrons. The number of pyridine rings is 1. The maximum Gasteiger partial charge on any atom is 0.250 e. The summed E-state index contributed by atoms with van der Waals surface area (Å²) in [6.07, 6.45) is 4.92. The fourth-order valence-electron chi connectivity index (χ4n) is 2.77. The molecule has 2 heterocycles. The average molecular weight is 509 g/mol. The number of phenolic OH excluding ortho intramolecular Hbond substituents is 1. The third-order valence-corrected chi connectivity index (χ3v) is 5.72. The highest BCUT2D eigenvalue weighted by Gasteiger charge is 2.17. The molecule has 0 aliphatic carbocycles. The van der Waals surface area contributed by atoms with Crippen LogP contribution in [0.3, 0.4) is 0 Å². The van der Waals surface area contributed by atoms with Crippen molar-refractivity contribution in [1.82, 2.24) is 25.2 Å². The molecule has 0 unspecified atom stereocenters. The highest BCUT2D eigenvalue weighted by molar-refractivity contribution is 9.10. The predicted octanol–water partition coefficient (Wildman–Crippen LogP) is 4.04. The smallest absolute Gasteiger partial charge is 0.250 e. The van der Waals surface area contributed by atoms with Gasteiger partial charge in [-0.1, -0.05) is 27.7 Å². The van der Waals surface area contributed by atoms with Crippen molar-refractivity contribution < 1.29 is 9.90 Å². The van der Waals surface area contributed by atoms with Crippen LogP contribution < -0.4 is 5.43 Å². The van der Waals surface area contributed by atoms with Crippen molar-refractivity contribution in [2.24, 2.45) is 5.10 Å². The van der Waals surface area contributed by atoms with Gasteiger partial charge in [-0.3, -0.25) is 14.3 Å². The number of nitrogens with one attached hydrogen (secondary N) is 1. The van der Waals surface area contributed by atoms with Gasteiger partial charge in [0.1, 0.15) is 5.75 Å². The molecule has 0 radical (unpaired) electrons. The second-order valence-electron chi connectivity index (χ2n) is 6.53. The Morgan fingerprint density at radius 1 is 1.12 bits per heavy atom. The van der Waals surface area contributed by atoms with Crippen LogP contribution in [0, 0.1) is 0 Å². The van der Waals surface area contributed by atoms with Gasteiger partial charge in [0.15, 0.2) is 11.0 Å². The Labute approximate surface area is 196 Å². The molecule has 32 heavy (non-hydrogen) atoms. The standard InChI is InChI=1S/C22H17BrN6O2S/c23-17-5-7-18(8-6-17)29-21(16-2-1-11-24-13-16)27-28-22(29)32-14-20(31)26-25-12-15-3-9-19(30)10-4-15/h1-13,30H,14H2,(H,26,31). The third-order valence-electron chi connectivity index (χ3n) is 4.27. The van der Waals surface area contributed by atoms with Crippen LogP contribution in [0.5, 0.6) is 5.75 Å². The van der Waals surface area contributed by atoms with Gasteiger partial charge >= 0.3 is 0 Å². The molecule has 0 saturated carbocycles. The number of halogens is 1. The molecule has 8 nitrogen and oxygen atoms in total. The number of hydrogen-bond donors (Lipinski definition) is 2. The molecular formula is C22H17BrN6O2S. The number of aromatic nitrogens is 4. The zero-order valence-electron chi connectivity index (χ0n) is 16.6. The van der Waals surface area contributed by atoms with Crippen molar-refractivity contribution in [2.45, 2.75) is 5.16 Å². The average Bonchev–Trinajstić information content (AvgIpc) is 3.24. The molecule has 0 spiro atoms. The van der Waals surface area contributed by atoms with E-state index in [1.807, 2.05) is 41.0 Å². The van der Waals surface area contributed by atoms with Crippen LogP contribution >= 0.6 is 27.7 Å². The second kappa shape index (κ2) is 10.2. The summed E-state index contributed by atoms with van der Waals surface area (Å²) in [5.74, 6) is 0.629. The summed E-state index contributed by atoms with van der Waals surface area (Å²) < 4.78 is 2.85. The minimum absolute atomic E-state index is 0.106. The van der Waals surface area contributed by atoms with Crippen molar-refractivity contribution >= 4 is 39.8 Å². The van der Waals surface area contributed by atoms with Crippen molar-refractivity contribution in [3.05, 3.63) is 83.1 Å². The van der Waals surface area contributed by atoms with E-state index in [0.29, 0.717) is 11.0 Å². The summed E-state index contributed by atoms with van der Waals surface area (Å²) in [5, 5.41) is 22.5. The number of hydrogen-bond acceptors (Lipinski definition) is 7. The maximum absolute atomic E-state index is 12.3. The molecule has 2 aromatic heterocycles. The minimum Gasteiger partial charge on any atom is -0.508 e. The minimum atomic E-state index is -0.279. The van der Waals surface area contributed by atoms with Crippen LogP contribution in [0.25, 0.3) is 17.1 Å². The summed E-state index contributed by atoms with van der Waals surface area (Å²) in [7, 11) is 0. The van der Waals surface area contributed by atoms with Gasteiger partial charge in [-0.15, -0.1) is 10.2 Å². The first kappa shape index (κ1) is 21.7. The van der Waals surface area contributed by atoms with E-state index in [0.717, 1.165) is 21.3 Å². The molecular weight excluding hydrogens is 492 g/mol. The Morgan fingerprint density at radius 2 is 1.91 bits per heavy atom. The Bertz CT molecular complexity index is 1230. The quantitative estimate of drug-likeness (QED) is 0.221. The van der Waals surface area contributed by atoms with Crippen LogP contribution in [0.15, 0.2) is 87.8 Å². The number of phenols is 1. The number of carbonyl (C=O) groups excluding carboxylic acids is 1. The molecule has 0 saturated heterocycles. The number of carbonyl (C=O) groups is 1. The fraction of sp³-hybridized carbons (Fsp3) is 0.0455. The monoisotopic (exact) mass is 508 g/mol. The summed E-state index contributed by atoms with van der Waals surface area (Å²) in [5.41, 5.74) is 4.93. The molecule has 0 bridgehead atoms. The molecule has 0 fully saturated rings. The van der Waals surface area contributed by atoms with Crippen LogP contribution in [-0.2, 0) is 4.79 Å². The Balaban J connectivity index is 1.49. The Hall–Kier alpha value is -3.50. The summed E-state index contributed by atoms with van der Waals surface area (Å²) in [4.78, 5) is 16.4. The van der Waals surface area contributed by atoms with E-state index < -0.39 is 0 Å². The molecule has 4 aromatic rings. The zero-order valence-corrected chi connectivity index (χ0v) is 19.0. The van der Waals surface area contributed by atoms with Crippen LogP contribution in [-0.4, -0.2) is 42.7 Å². The largest absolute Gasteiger partial charge is 0.508 e. The second-order valence-corrected chi connectivity index (χ2v) is 8.39. The van der Waals surface area contributed by atoms with E-state index in [9.17, 15) is 9.90 Å². The summed E-state index contributed by atoms with van der Waals surface area (Å²) >= 11 is 4.71. The Kier molecular flexibility index (Phi) is 6.93. The normalized spacial score (nSPS) is 11.0. The summed E-state index contributed by atoms with van der Waals surface area (Å²) in [6, 6.07) is 18.0. The highest BCUT2D eigenvalue weighted by atomic mass is 79.9. The number of amides is 1. The van der Waals surface area contributed by atoms with Gasteiger partial charge in [-0.05, 0) is 66.2 Å². The van der Waals surface area contributed by atoms with Crippen LogP contribution in [0.1, 0.15) is 5.56 Å². The van der Waals surface area contributed by atoms with E-state index in [1.54, 1.807) is 36.7 Å². The molecule has 0 atom stereocenters. The fourth-order valence-corrected chi connectivity index (χ4v) is 3.78. The van der Waals surface area contributed by atoms with E-state index in [1.165, 1.54) is 18.0 Å². The molecule has 2 aromatic carbocycles. The van der Waals surface area contributed by atoms with Crippen molar-refractivity contribution in [1.29, 1.82) is 0 Å². The lowest BCUT2D eigenvalue weighted by atomic mass is 10.2. The maximum atomic E-state index is 12.3. The molecule has 2 N–H and O–H groups in total. The van der Waals surface area contributed by atoms with E-state index >= 15 is 0 Å². The number of hydrazone groups is 1. The topological polar surface area (TPSA) is 105 Å². The van der Waals surface area contributed by atoms with Gasteiger partial charge in [-0.2, -0.15) is 5.10 Å². The molecule has 10 heteroatoms. The Morgan fingerprint density at radius 3 is 2.62 bits per heavy atom. The predicted molar refractivity (Wildman–Crippen MR) is 127 cm³/mol. The number of thioether (sulfide) groups is 1. The number of nitrogens with zero attached hydrogens (tertiary/aromatic N) is 5. The first-order valence-electron chi connectivity index (χ1n) is 9.45. The lowest BCUT2D eigenvalue weighted by Gasteiger charge is -2.10. The first-order valence-corrected chi connectivity index (χ1v) is 11.2. The van der Waals surface area contributed by atoms with Crippen molar-refractivity contribution in [3.63, 3.8) is 0 Å². The van der Waals surface area contributed by atoms with Crippen LogP contribution in [0.2, 0.25) is 0 Å². The van der Waals surface area contributed by atoms with E-state index in [-0.39, 0.29) is 17.4 Å². The number of benzene rings is 2. The zero-order chi connectivity index (χ0) is 22.3. The first-order chi connectivity index (χ1) is 15.6. The molecule has 4 rings (SSSR count). The van der Waals surface area contributed by atoms with Crippen LogP contribution in [0.4, 0.5) is 0 Å². The SMILES string of the molecule is O=C(CSc1nnc(-c2cccnc2)n1-c1ccc(Br)cc1)NN=Cc1ccc(O)cc1. The van der Waals surface area contributed by atoms with Gasteiger partial charge < -0.3 is 5.11 Å². The highest BCUT2D eigenvalue weighted by Crippen LogP contribution is 2.28. The van der Waals surface area contributed by atoms with Crippen molar-refractivity contribution in [3.8, 4) is 22.8 Å². The van der Waals surface area contributed by atoms with E-state index in [2.05, 4.69) is 41.6 Å². The third kappa shape index (κ3) is 5.40. The molecule has 1 amide bonds. The number of rotatable bonds is 7. The van der Waals surface area contributed by atoms with Gasteiger partial charge in [0.05, 0.1) is 12.0 Å². The van der Waals surface area contributed by atoms with Gasteiger partial charge in [-0.25, -0.2) is 5.43 Å². The van der Waals surface area contributed by atoms with E-state index in [4.69, 9.17) is 0 Å². The lowest BCUT2D eigenvalue weighted by Crippen LogP contribution is -2.20. The molecule has 0 aliphatic rings.